The lowest BCUT2D eigenvalue weighted by molar-refractivity contribution is -0.152. The summed E-state index contributed by atoms with van der Waals surface area (Å²) in [6.45, 7) is 3.96. The molecule has 30 heavy (non-hydrogen) atoms. The Labute approximate surface area is 175 Å². The van der Waals surface area contributed by atoms with Crippen LogP contribution in [-0.4, -0.2) is 22.6 Å². The van der Waals surface area contributed by atoms with Gasteiger partial charge in [0.2, 0.25) is 17.5 Å². The third-order valence-electron chi connectivity index (χ3n) is 5.90. The van der Waals surface area contributed by atoms with Gasteiger partial charge in [-0.2, -0.15) is 4.98 Å². The predicted molar refractivity (Wildman–Crippen MR) is 113 cm³/mol. The van der Waals surface area contributed by atoms with Gasteiger partial charge in [-0.1, -0.05) is 50.3 Å². The van der Waals surface area contributed by atoms with Crippen LogP contribution in [0.1, 0.15) is 43.3 Å². The monoisotopic (exact) mass is 407 g/mol. The number of hydrogen-bond donors (Lipinski definition) is 1. The number of carbonyl (C=O) groups excluding carboxylic acids is 1. The Morgan fingerprint density at radius 2 is 2.03 bits per heavy atom. The van der Waals surface area contributed by atoms with Crippen molar-refractivity contribution in [3.63, 3.8) is 0 Å². The van der Waals surface area contributed by atoms with Crippen LogP contribution in [0.5, 0.6) is 5.88 Å². The number of fused-ring (bicyclic) bond motifs is 2. The molecule has 0 fully saturated rings. The van der Waals surface area contributed by atoms with Crippen molar-refractivity contribution in [2.75, 3.05) is 7.11 Å². The minimum Gasteiger partial charge on any atom is -0.446 e. The Morgan fingerprint density at radius 1 is 1.27 bits per heavy atom. The van der Waals surface area contributed by atoms with Crippen molar-refractivity contribution in [2.24, 2.45) is 5.92 Å². The molecular weight excluding hydrogens is 382 g/mol. The van der Waals surface area contributed by atoms with E-state index in [0.717, 1.165) is 5.56 Å². The van der Waals surface area contributed by atoms with Crippen molar-refractivity contribution in [1.82, 2.24) is 14.9 Å². The van der Waals surface area contributed by atoms with Crippen LogP contribution in [0, 0.1) is 5.92 Å². The molecule has 2 aromatic rings. The highest BCUT2D eigenvalue weighted by Gasteiger charge is 2.50. The molecule has 1 amide bonds. The number of carbonyl (C=O) groups is 1. The summed E-state index contributed by atoms with van der Waals surface area (Å²) in [6, 6.07) is 8.87. The van der Waals surface area contributed by atoms with Gasteiger partial charge in [-0.3, -0.25) is 14.2 Å². The van der Waals surface area contributed by atoms with Gasteiger partial charge in [0.05, 0.1) is 6.26 Å². The van der Waals surface area contributed by atoms with Gasteiger partial charge in [-0.15, -0.1) is 0 Å². The highest BCUT2D eigenvalue weighted by Crippen LogP contribution is 2.38. The fourth-order valence-corrected chi connectivity index (χ4v) is 4.05. The molecule has 3 unspecified atom stereocenters. The van der Waals surface area contributed by atoms with Crippen molar-refractivity contribution in [2.45, 2.75) is 38.5 Å². The smallest absolute Gasteiger partial charge is 0.265 e. The summed E-state index contributed by atoms with van der Waals surface area (Å²) in [5.41, 5.74) is -0.287. The first kappa shape index (κ1) is 20.1. The molecule has 2 aliphatic heterocycles. The molecule has 0 radical (unpaired) electrons. The molecule has 1 N–H and O–H groups in total. The van der Waals surface area contributed by atoms with E-state index < -0.39 is 11.8 Å². The largest absolute Gasteiger partial charge is 0.446 e. The molecule has 1 aromatic carbocycles. The van der Waals surface area contributed by atoms with Gasteiger partial charge < -0.3 is 14.8 Å². The van der Waals surface area contributed by atoms with Crippen molar-refractivity contribution in [3.8, 4) is 5.88 Å². The van der Waals surface area contributed by atoms with Crippen LogP contribution in [0.3, 0.4) is 0 Å². The normalized spacial score (nSPS) is 23.0. The van der Waals surface area contributed by atoms with Gasteiger partial charge in [0, 0.05) is 19.4 Å². The fourth-order valence-electron chi connectivity index (χ4n) is 4.05. The van der Waals surface area contributed by atoms with E-state index in [9.17, 15) is 9.59 Å². The number of amides is 1. The van der Waals surface area contributed by atoms with E-state index in [-0.39, 0.29) is 23.3 Å². The molecule has 0 aliphatic carbocycles. The molecule has 2 aliphatic rings. The average Bonchev–Trinajstić information content (AvgIpc) is 3.01. The average molecular weight is 407 g/mol. The minimum absolute atomic E-state index is 0.128. The zero-order valence-electron chi connectivity index (χ0n) is 17.3. The molecule has 4 rings (SSSR count). The Bertz CT molecular complexity index is 1070. The Balaban J connectivity index is 1.97. The van der Waals surface area contributed by atoms with E-state index in [0.29, 0.717) is 24.2 Å². The maximum absolute atomic E-state index is 13.6. The van der Waals surface area contributed by atoms with E-state index in [1.165, 1.54) is 17.9 Å². The molecular formula is C23H25N3O4. The molecule has 7 nitrogen and oxygen atoms in total. The molecule has 0 saturated heterocycles. The first-order valence-electron chi connectivity index (χ1n) is 10.1. The molecule has 156 valence electrons. The van der Waals surface area contributed by atoms with Crippen LogP contribution in [-0.2, 0) is 21.7 Å². The SMILES string of the molecule is CCC(C)C1(OC)NC(=O)C(Cc2ccccc2)n2c1nc1c(c2=O)C=CC=CO1. The highest BCUT2D eigenvalue weighted by atomic mass is 16.5. The van der Waals surface area contributed by atoms with E-state index in [1.54, 1.807) is 18.2 Å². The number of ether oxygens (including phenoxy) is 2. The van der Waals surface area contributed by atoms with E-state index in [1.807, 2.05) is 44.2 Å². The van der Waals surface area contributed by atoms with Gasteiger partial charge in [-0.25, -0.2) is 0 Å². The summed E-state index contributed by atoms with van der Waals surface area (Å²) < 4.78 is 12.9. The van der Waals surface area contributed by atoms with Crippen LogP contribution in [0.25, 0.3) is 6.08 Å². The van der Waals surface area contributed by atoms with Crippen molar-refractivity contribution >= 4 is 12.0 Å². The molecule has 0 spiro atoms. The van der Waals surface area contributed by atoms with Crippen molar-refractivity contribution in [3.05, 3.63) is 76.1 Å². The fraction of sp³-hybridized carbons (Fsp3) is 0.348. The first-order chi connectivity index (χ1) is 14.5. The predicted octanol–water partition coefficient (Wildman–Crippen LogP) is 2.92. The second-order valence-electron chi connectivity index (χ2n) is 7.58. The first-order valence-corrected chi connectivity index (χ1v) is 10.1. The van der Waals surface area contributed by atoms with E-state index in [2.05, 4.69) is 5.32 Å². The number of aromatic nitrogens is 2. The van der Waals surface area contributed by atoms with Crippen LogP contribution >= 0.6 is 0 Å². The van der Waals surface area contributed by atoms with Gasteiger partial charge in [0.1, 0.15) is 11.6 Å². The summed E-state index contributed by atoms with van der Waals surface area (Å²) in [5, 5.41) is 3.03. The van der Waals surface area contributed by atoms with Gasteiger partial charge in [-0.05, 0) is 24.1 Å². The highest BCUT2D eigenvalue weighted by molar-refractivity contribution is 5.83. The number of hydrogen-bond acceptors (Lipinski definition) is 5. The van der Waals surface area contributed by atoms with E-state index in [4.69, 9.17) is 14.5 Å². The van der Waals surface area contributed by atoms with Gasteiger partial charge >= 0.3 is 0 Å². The van der Waals surface area contributed by atoms with Crippen LogP contribution in [0.15, 0.2) is 53.5 Å². The van der Waals surface area contributed by atoms with Crippen LogP contribution in [0.4, 0.5) is 0 Å². The number of methoxy groups -OCH3 is 1. The number of allylic oxidation sites excluding steroid dienone is 2. The van der Waals surface area contributed by atoms with Crippen molar-refractivity contribution in [1.29, 1.82) is 0 Å². The molecule has 3 heterocycles. The Morgan fingerprint density at radius 3 is 2.73 bits per heavy atom. The summed E-state index contributed by atoms with van der Waals surface area (Å²) in [6.07, 6.45) is 7.62. The maximum Gasteiger partial charge on any atom is 0.265 e. The van der Waals surface area contributed by atoms with Crippen LogP contribution < -0.4 is 15.6 Å². The summed E-state index contributed by atoms with van der Waals surface area (Å²) in [5.74, 6) is 0.161. The van der Waals surface area contributed by atoms with Crippen molar-refractivity contribution < 1.29 is 14.3 Å². The Hall–Kier alpha value is -3.19. The zero-order chi connectivity index (χ0) is 21.3. The molecule has 0 saturated carbocycles. The lowest BCUT2D eigenvalue weighted by atomic mass is 9.89. The molecule has 1 aromatic heterocycles. The summed E-state index contributed by atoms with van der Waals surface area (Å²) in [4.78, 5) is 31.6. The second kappa shape index (κ2) is 7.91. The standard InChI is InChI=1S/C23H25N3O4/c1-4-15(2)23(29-3)22-24-20-17(12-8-9-13-30-20)21(28)26(22)18(19(27)25-23)14-16-10-6-5-7-11-16/h5-13,15,18H,4,14H2,1-3H3,(H,25,27). The molecule has 3 atom stereocenters. The lowest BCUT2D eigenvalue weighted by Gasteiger charge is -2.44. The Kier molecular flexibility index (Phi) is 5.30. The minimum atomic E-state index is -1.23. The summed E-state index contributed by atoms with van der Waals surface area (Å²) in [7, 11) is 1.52. The quantitative estimate of drug-likeness (QED) is 0.824. The third-order valence-corrected chi connectivity index (χ3v) is 5.90. The number of nitrogens with one attached hydrogen (secondary N) is 1. The summed E-state index contributed by atoms with van der Waals surface area (Å²) >= 11 is 0. The maximum atomic E-state index is 13.6. The number of rotatable bonds is 5. The topological polar surface area (TPSA) is 82.5 Å². The zero-order valence-corrected chi connectivity index (χ0v) is 17.3. The van der Waals surface area contributed by atoms with Gasteiger partial charge in [0.25, 0.3) is 5.56 Å². The molecule has 7 heteroatoms. The van der Waals surface area contributed by atoms with Gasteiger partial charge in [0.15, 0.2) is 5.82 Å². The molecule has 0 bridgehead atoms. The number of nitrogens with zero attached hydrogens (tertiary/aromatic N) is 2. The van der Waals surface area contributed by atoms with E-state index >= 15 is 0 Å². The second-order valence-corrected chi connectivity index (χ2v) is 7.58. The van der Waals surface area contributed by atoms with Crippen LogP contribution in [0.2, 0.25) is 0 Å². The number of benzene rings is 1. The lowest BCUT2D eigenvalue weighted by Crippen LogP contribution is -2.62. The third kappa shape index (κ3) is 3.15.